The molecule has 1 aromatic rings. The molecule has 0 saturated carbocycles. The molecule has 102 valence electrons. The predicted molar refractivity (Wildman–Crippen MR) is 71.5 cm³/mol. The lowest BCUT2D eigenvalue weighted by molar-refractivity contribution is 0.0963. The Hall–Kier alpha value is -2.01. The summed E-state index contributed by atoms with van der Waals surface area (Å²) in [4.78, 5) is 13.1. The first-order chi connectivity index (χ1) is 9.24. The normalized spacial score (nSPS) is 18.3. The molecule has 1 fully saturated rings. The molecule has 1 aromatic carbocycles. The van der Waals surface area contributed by atoms with E-state index in [0.717, 1.165) is 17.9 Å². The molecule has 1 N–H and O–H groups in total. The predicted octanol–water partition coefficient (Wildman–Crippen LogP) is 1.96. The third-order valence-corrected chi connectivity index (χ3v) is 2.82. The van der Waals surface area contributed by atoms with Crippen LogP contribution in [0.25, 0.3) is 0 Å². The number of anilines is 1. The number of carbonyl (C=O) groups excluding carboxylic acids is 1. The molecule has 0 bridgehead atoms. The van der Waals surface area contributed by atoms with E-state index in [1.807, 2.05) is 0 Å². The standard InChI is InChI=1S/C14H17NO4/c1-2-3-8-18-12-6-4-11(5-7-12)15-9-13(10-16)19-14(15)17/h2,4-7,13,16H,1,3,8-10H2. The van der Waals surface area contributed by atoms with Crippen molar-refractivity contribution in [2.24, 2.45) is 0 Å². The van der Waals surface area contributed by atoms with Gasteiger partial charge in [0.05, 0.1) is 19.8 Å². The topological polar surface area (TPSA) is 59.0 Å². The highest BCUT2D eigenvalue weighted by atomic mass is 16.6. The Morgan fingerprint density at radius 1 is 1.47 bits per heavy atom. The van der Waals surface area contributed by atoms with Gasteiger partial charge in [0.1, 0.15) is 11.9 Å². The second kappa shape index (κ2) is 6.24. The summed E-state index contributed by atoms with van der Waals surface area (Å²) in [5.41, 5.74) is 0.733. The number of carbonyl (C=O) groups is 1. The summed E-state index contributed by atoms with van der Waals surface area (Å²) >= 11 is 0. The van der Waals surface area contributed by atoms with E-state index in [1.54, 1.807) is 30.3 Å². The number of hydrogen-bond donors (Lipinski definition) is 1. The van der Waals surface area contributed by atoms with Crippen LogP contribution < -0.4 is 9.64 Å². The average Bonchev–Trinajstić information content (AvgIpc) is 2.81. The molecule has 19 heavy (non-hydrogen) atoms. The van der Waals surface area contributed by atoms with Crippen molar-refractivity contribution in [3.8, 4) is 5.75 Å². The number of hydrogen-bond acceptors (Lipinski definition) is 4. The molecule has 1 atom stereocenters. The first-order valence-corrected chi connectivity index (χ1v) is 6.17. The maximum atomic E-state index is 11.6. The van der Waals surface area contributed by atoms with Gasteiger partial charge in [-0.05, 0) is 30.7 Å². The first-order valence-electron chi connectivity index (χ1n) is 6.17. The van der Waals surface area contributed by atoms with Crippen LogP contribution in [-0.2, 0) is 4.74 Å². The molecule has 5 heteroatoms. The van der Waals surface area contributed by atoms with Crippen molar-refractivity contribution in [3.63, 3.8) is 0 Å². The van der Waals surface area contributed by atoms with E-state index in [2.05, 4.69) is 6.58 Å². The molecule has 1 unspecified atom stereocenters. The monoisotopic (exact) mass is 263 g/mol. The van der Waals surface area contributed by atoms with E-state index in [9.17, 15) is 4.79 Å². The first kappa shape index (κ1) is 13.4. The number of ether oxygens (including phenoxy) is 2. The minimum absolute atomic E-state index is 0.162. The van der Waals surface area contributed by atoms with Crippen LogP contribution in [-0.4, -0.2) is 37.1 Å². The second-order valence-electron chi connectivity index (χ2n) is 4.22. The van der Waals surface area contributed by atoms with Gasteiger partial charge in [0.25, 0.3) is 0 Å². The Balaban J connectivity index is 1.98. The number of nitrogens with zero attached hydrogens (tertiary/aromatic N) is 1. The third kappa shape index (κ3) is 3.26. The minimum atomic E-state index is -0.448. The molecule has 2 rings (SSSR count). The van der Waals surface area contributed by atoms with Gasteiger partial charge in [0.2, 0.25) is 0 Å². The van der Waals surface area contributed by atoms with Gasteiger partial charge in [-0.3, -0.25) is 4.90 Å². The van der Waals surface area contributed by atoms with Crippen molar-refractivity contribution in [1.82, 2.24) is 0 Å². The van der Waals surface area contributed by atoms with Crippen LogP contribution in [0.4, 0.5) is 10.5 Å². The van der Waals surface area contributed by atoms with E-state index in [4.69, 9.17) is 14.6 Å². The van der Waals surface area contributed by atoms with E-state index < -0.39 is 12.2 Å². The smallest absolute Gasteiger partial charge is 0.414 e. The molecular formula is C14H17NO4. The molecular weight excluding hydrogens is 246 g/mol. The zero-order valence-electron chi connectivity index (χ0n) is 10.6. The Bertz CT molecular complexity index is 443. The summed E-state index contributed by atoms with van der Waals surface area (Å²) in [6.45, 7) is 4.41. The van der Waals surface area contributed by atoms with Crippen molar-refractivity contribution in [3.05, 3.63) is 36.9 Å². The fourth-order valence-electron chi connectivity index (χ4n) is 1.81. The number of rotatable bonds is 6. The summed E-state index contributed by atoms with van der Waals surface area (Å²) in [6, 6.07) is 7.20. The number of aliphatic hydroxyl groups is 1. The van der Waals surface area contributed by atoms with Crippen LogP contribution in [0.5, 0.6) is 5.75 Å². The molecule has 1 amide bonds. The summed E-state index contributed by atoms with van der Waals surface area (Å²) < 4.78 is 10.5. The van der Waals surface area contributed by atoms with Crippen LogP contribution in [0.3, 0.4) is 0 Å². The number of aliphatic hydroxyl groups excluding tert-OH is 1. The maximum Gasteiger partial charge on any atom is 0.414 e. The van der Waals surface area contributed by atoms with Gasteiger partial charge in [-0.25, -0.2) is 4.79 Å². The second-order valence-corrected chi connectivity index (χ2v) is 4.22. The van der Waals surface area contributed by atoms with E-state index in [1.165, 1.54) is 4.90 Å². The largest absolute Gasteiger partial charge is 0.493 e. The number of cyclic esters (lactones) is 1. The third-order valence-electron chi connectivity index (χ3n) is 2.82. The van der Waals surface area contributed by atoms with Crippen molar-refractivity contribution in [2.75, 3.05) is 24.7 Å². The lowest BCUT2D eigenvalue weighted by atomic mass is 10.2. The molecule has 1 aliphatic heterocycles. The molecule has 0 aliphatic carbocycles. The Morgan fingerprint density at radius 2 is 2.21 bits per heavy atom. The van der Waals surface area contributed by atoms with E-state index in [-0.39, 0.29) is 6.61 Å². The molecule has 0 aromatic heterocycles. The lowest BCUT2D eigenvalue weighted by Gasteiger charge is -2.13. The molecule has 0 radical (unpaired) electrons. The summed E-state index contributed by atoms with van der Waals surface area (Å²) in [7, 11) is 0. The fourth-order valence-corrected chi connectivity index (χ4v) is 1.81. The van der Waals surface area contributed by atoms with Crippen molar-refractivity contribution >= 4 is 11.8 Å². The number of benzene rings is 1. The van der Waals surface area contributed by atoms with Gasteiger partial charge in [-0.2, -0.15) is 0 Å². The van der Waals surface area contributed by atoms with Crippen LogP contribution in [0, 0.1) is 0 Å². The van der Waals surface area contributed by atoms with Crippen LogP contribution in [0.1, 0.15) is 6.42 Å². The van der Waals surface area contributed by atoms with Crippen LogP contribution in [0.2, 0.25) is 0 Å². The SMILES string of the molecule is C=CCCOc1ccc(N2CC(CO)OC2=O)cc1. The molecule has 0 spiro atoms. The van der Waals surface area contributed by atoms with Gasteiger partial charge in [0.15, 0.2) is 0 Å². The fraction of sp³-hybridized carbons (Fsp3) is 0.357. The zero-order chi connectivity index (χ0) is 13.7. The highest BCUT2D eigenvalue weighted by molar-refractivity contribution is 5.89. The van der Waals surface area contributed by atoms with Crippen LogP contribution >= 0.6 is 0 Å². The average molecular weight is 263 g/mol. The maximum absolute atomic E-state index is 11.6. The quantitative estimate of drug-likeness (QED) is 0.629. The van der Waals surface area contributed by atoms with E-state index >= 15 is 0 Å². The Kier molecular flexibility index (Phi) is 4.41. The van der Waals surface area contributed by atoms with Crippen molar-refractivity contribution < 1.29 is 19.4 Å². The molecule has 5 nitrogen and oxygen atoms in total. The van der Waals surface area contributed by atoms with Crippen molar-refractivity contribution in [2.45, 2.75) is 12.5 Å². The highest BCUT2D eigenvalue weighted by Gasteiger charge is 2.31. The summed E-state index contributed by atoms with van der Waals surface area (Å²) in [5, 5.41) is 8.98. The molecule has 1 heterocycles. The highest BCUT2D eigenvalue weighted by Crippen LogP contribution is 2.24. The molecule has 1 aliphatic rings. The Morgan fingerprint density at radius 3 is 2.79 bits per heavy atom. The van der Waals surface area contributed by atoms with Gasteiger partial charge in [0, 0.05) is 5.69 Å². The van der Waals surface area contributed by atoms with Gasteiger partial charge >= 0.3 is 6.09 Å². The zero-order valence-corrected chi connectivity index (χ0v) is 10.6. The Labute approximate surface area is 112 Å². The van der Waals surface area contributed by atoms with Crippen LogP contribution in [0.15, 0.2) is 36.9 Å². The van der Waals surface area contributed by atoms with Gasteiger partial charge in [-0.1, -0.05) is 6.08 Å². The summed E-state index contributed by atoms with van der Waals surface area (Å²) in [5.74, 6) is 0.747. The summed E-state index contributed by atoms with van der Waals surface area (Å²) in [6.07, 6.45) is 1.71. The number of amides is 1. The lowest BCUT2D eigenvalue weighted by Crippen LogP contribution is -2.25. The minimum Gasteiger partial charge on any atom is -0.493 e. The molecule has 1 saturated heterocycles. The van der Waals surface area contributed by atoms with E-state index in [0.29, 0.717) is 13.2 Å². The van der Waals surface area contributed by atoms with Crippen molar-refractivity contribution in [1.29, 1.82) is 0 Å². The van der Waals surface area contributed by atoms with Gasteiger partial charge < -0.3 is 14.6 Å². The van der Waals surface area contributed by atoms with Gasteiger partial charge in [-0.15, -0.1) is 6.58 Å².